The molecule has 1 rings (SSSR count). The Balaban J connectivity index is 3.01. The lowest BCUT2D eigenvalue weighted by Gasteiger charge is -2.22. The number of ether oxygens (including phenoxy) is 2. The molecule has 8 nitrogen and oxygen atoms in total. The van der Waals surface area contributed by atoms with E-state index in [1.54, 1.807) is 71.0 Å². The highest BCUT2D eigenvalue weighted by atomic mass is 16.6. The summed E-state index contributed by atoms with van der Waals surface area (Å²) in [7, 11) is 0. The number of benzene rings is 1. The van der Waals surface area contributed by atoms with E-state index in [4.69, 9.17) is 14.9 Å². The van der Waals surface area contributed by atoms with Crippen molar-refractivity contribution in [2.24, 2.45) is 0 Å². The van der Waals surface area contributed by atoms with E-state index in [0.29, 0.717) is 11.3 Å². The lowest BCUT2D eigenvalue weighted by molar-refractivity contribution is -0.142. The Bertz CT molecular complexity index is 880. The highest BCUT2D eigenvalue weighted by molar-refractivity contribution is 5.86. The summed E-state index contributed by atoms with van der Waals surface area (Å²) >= 11 is 0. The van der Waals surface area contributed by atoms with Gasteiger partial charge >= 0.3 is 12.1 Å². The van der Waals surface area contributed by atoms with Crippen molar-refractivity contribution < 1.29 is 23.9 Å². The molecule has 8 heteroatoms. The van der Waals surface area contributed by atoms with E-state index in [9.17, 15) is 14.4 Å². The van der Waals surface area contributed by atoms with Gasteiger partial charge in [-0.1, -0.05) is 30.3 Å². The Morgan fingerprint density at radius 3 is 2.22 bits per heavy atom. The maximum Gasteiger partial charge on any atom is 0.407 e. The van der Waals surface area contributed by atoms with Gasteiger partial charge in [0.25, 0.3) is 0 Å². The molecule has 1 aromatic carbocycles. The smallest absolute Gasteiger partial charge is 0.407 e. The quantitative estimate of drug-likeness (QED) is 0.303. The van der Waals surface area contributed by atoms with Crippen LogP contribution in [-0.2, 0) is 25.7 Å². The molecule has 0 fully saturated rings. The number of nitrogens with one attached hydrogen (secondary N) is 3. The van der Waals surface area contributed by atoms with Crippen LogP contribution in [0.1, 0.15) is 58.6 Å². The van der Waals surface area contributed by atoms with Crippen LogP contribution in [0.5, 0.6) is 0 Å². The number of allylic oxidation sites excluding steroid dienone is 4. The lowest BCUT2D eigenvalue weighted by atomic mass is 9.96. The molecule has 0 aliphatic heterocycles. The van der Waals surface area contributed by atoms with Crippen molar-refractivity contribution in [3.05, 3.63) is 58.8 Å². The molecule has 0 spiro atoms. The summed E-state index contributed by atoms with van der Waals surface area (Å²) in [4.78, 5) is 36.1. The highest BCUT2D eigenvalue weighted by Crippen LogP contribution is 2.18. The highest BCUT2D eigenvalue weighted by Gasteiger charge is 2.23. The van der Waals surface area contributed by atoms with Crippen molar-refractivity contribution in [2.75, 3.05) is 6.54 Å². The fourth-order valence-electron chi connectivity index (χ4n) is 2.52. The van der Waals surface area contributed by atoms with Gasteiger partial charge in [0.05, 0.1) is 5.92 Å². The van der Waals surface area contributed by atoms with Crippen molar-refractivity contribution in [3.8, 4) is 0 Å². The first-order valence-corrected chi connectivity index (χ1v) is 10.3. The molecule has 1 atom stereocenters. The minimum absolute atomic E-state index is 0.0344. The summed E-state index contributed by atoms with van der Waals surface area (Å²) in [5.74, 6) is -1.35. The first-order valence-electron chi connectivity index (χ1n) is 10.3. The zero-order chi connectivity index (χ0) is 24.3. The van der Waals surface area contributed by atoms with E-state index < -0.39 is 17.6 Å². The Hall–Kier alpha value is -3.42. The number of hydrogen-bond donors (Lipinski definition) is 3. The van der Waals surface area contributed by atoms with Gasteiger partial charge in [0.15, 0.2) is 0 Å². The first-order chi connectivity index (χ1) is 14.9. The van der Waals surface area contributed by atoms with E-state index >= 15 is 0 Å². The molecule has 0 aliphatic carbocycles. The summed E-state index contributed by atoms with van der Waals surface area (Å²) < 4.78 is 10.3. The van der Waals surface area contributed by atoms with Crippen LogP contribution in [0.3, 0.4) is 0 Å². The van der Waals surface area contributed by atoms with Crippen molar-refractivity contribution in [2.45, 2.75) is 59.7 Å². The summed E-state index contributed by atoms with van der Waals surface area (Å²) in [5.41, 5.74) is 2.16. The van der Waals surface area contributed by atoms with Crippen molar-refractivity contribution in [1.82, 2.24) is 10.6 Å². The molecule has 174 valence electrons. The number of alkyl carbamates (subject to hydrolysis) is 1. The second-order valence-corrected chi connectivity index (χ2v) is 8.35. The third-order valence-electron chi connectivity index (χ3n) is 4.13. The lowest BCUT2D eigenvalue weighted by Crippen LogP contribution is -2.39. The zero-order valence-electron chi connectivity index (χ0n) is 19.6. The number of esters is 1. The minimum atomic E-state index is -0.679. The Labute approximate surface area is 189 Å². The van der Waals surface area contributed by atoms with E-state index in [1.165, 1.54) is 13.1 Å². The van der Waals surface area contributed by atoms with Crippen LogP contribution in [0, 0.1) is 5.41 Å². The number of amides is 2. The molecule has 32 heavy (non-hydrogen) atoms. The predicted molar refractivity (Wildman–Crippen MR) is 123 cm³/mol. The van der Waals surface area contributed by atoms with Crippen LogP contribution in [-0.4, -0.2) is 36.3 Å². The molecule has 2 amide bonds. The van der Waals surface area contributed by atoms with Crippen LogP contribution in [0.4, 0.5) is 4.79 Å². The normalized spacial score (nSPS) is 13.1. The monoisotopic (exact) mass is 443 g/mol. The maximum absolute atomic E-state index is 13.0. The van der Waals surface area contributed by atoms with Gasteiger partial charge in [-0.2, -0.15) is 0 Å². The van der Waals surface area contributed by atoms with Gasteiger partial charge in [0, 0.05) is 25.4 Å². The summed E-state index contributed by atoms with van der Waals surface area (Å²) in [6.07, 6.45) is 4.04. The largest absolute Gasteiger partial charge is 0.461 e. The van der Waals surface area contributed by atoms with Gasteiger partial charge in [-0.05, 0) is 57.4 Å². The third-order valence-corrected chi connectivity index (χ3v) is 4.13. The van der Waals surface area contributed by atoms with Gasteiger partial charge in [0.2, 0.25) is 5.91 Å². The average molecular weight is 444 g/mol. The standard InChI is InChI=1S/C24H33N3O5/c1-16(13-25)7-8-17(2)27-22(29)21(14-26-23(30)32-24(4,5)6)20-11-9-19(10-12-20)15-31-18(3)28/h7-13,21,25H,14-15H2,1-6H3,(H,26,30)(H,27,29)/b16-7+,17-8+,25-13?. The fraction of sp³-hybridized carbons (Fsp3) is 0.417. The van der Waals surface area contributed by atoms with Crippen LogP contribution in [0.25, 0.3) is 0 Å². The summed E-state index contributed by atoms with van der Waals surface area (Å²) in [5, 5.41) is 12.7. The van der Waals surface area contributed by atoms with E-state index in [2.05, 4.69) is 10.6 Å². The van der Waals surface area contributed by atoms with Crippen LogP contribution in [0.2, 0.25) is 0 Å². The second-order valence-electron chi connectivity index (χ2n) is 8.35. The van der Waals surface area contributed by atoms with Gasteiger partial charge in [-0.3, -0.25) is 9.59 Å². The maximum atomic E-state index is 13.0. The molecule has 1 unspecified atom stereocenters. The molecular formula is C24H33N3O5. The van der Waals surface area contributed by atoms with E-state index in [1.807, 2.05) is 0 Å². The minimum Gasteiger partial charge on any atom is -0.461 e. The molecule has 0 heterocycles. The Kier molecular flexibility index (Phi) is 10.3. The molecule has 0 aliphatic rings. The summed E-state index contributed by atoms with van der Waals surface area (Å²) in [6.45, 7) is 10.3. The molecule has 1 aromatic rings. The van der Waals surface area contributed by atoms with Crippen LogP contribution < -0.4 is 10.6 Å². The van der Waals surface area contributed by atoms with E-state index in [-0.39, 0.29) is 25.0 Å². The van der Waals surface area contributed by atoms with Gasteiger partial charge in [-0.25, -0.2) is 4.79 Å². The van der Waals surface area contributed by atoms with Crippen molar-refractivity contribution >= 4 is 24.2 Å². The first kappa shape index (κ1) is 26.6. The molecule has 0 saturated heterocycles. The van der Waals surface area contributed by atoms with Gasteiger partial charge in [-0.15, -0.1) is 0 Å². The fourth-order valence-corrected chi connectivity index (χ4v) is 2.52. The number of carbonyl (C=O) groups is 3. The second kappa shape index (κ2) is 12.4. The van der Waals surface area contributed by atoms with Crippen molar-refractivity contribution in [1.29, 1.82) is 5.41 Å². The molecule has 0 aromatic heterocycles. The topological polar surface area (TPSA) is 118 Å². The van der Waals surface area contributed by atoms with E-state index in [0.717, 1.165) is 11.1 Å². The summed E-state index contributed by atoms with van der Waals surface area (Å²) in [6, 6.07) is 7.06. The third kappa shape index (κ3) is 10.6. The average Bonchev–Trinajstić information content (AvgIpc) is 2.70. The molecule has 0 bridgehead atoms. The van der Waals surface area contributed by atoms with Crippen molar-refractivity contribution in [3.63, 3.8) is 0 Å². The van der Waals surface area contributed by atoms with Gasteiger partial charge < -0.3 is 25.5 Å². The molecule has 3 N–H and O–H groups in total. The molecular weight excluding hydrogens is 410 g/mol. The van der Waals surface area contributed by atoms with Gasteiger partial charge in [0.1, 0.15) is 12.2 Å². The zero-order valence-corrected chi connectivity index (χ0v) is 19.6. The molecule has 0 radical (unpaired) electrons. The SMILES string of the molecule is CC(=O)OCc1ccc(C(CNC(=O)OC(C)(C)C)C(=O)N/C(C)=C/C=C(\C)C=N)cc1. The molecule has 0 saturated carbocycles. The van der Waals surface area contributed by atoms with Crippen LogP contribution in [0.15, 0.2) is 47.7 Å². The number of carbonyl (C=O) groups excluding carboxylic acids is 3. The number of rotatable bonds is 9. The predicted octanol–water partition coefficient (Wildman–Crippen LogP) is 3.97. The number of hydrogen-bond acceptors (Lipinski definition) is 6. The van der Waals surface area contributed by atoms with Crippen LogP contribution >= 0.6 is 0 Å². The Morgan fingerprint density at radius 2 is 1.69 bits per heavy atom. The Morgan fingerprint density at radius 1 is 1.06 bits per heavy atom.